The number of carbonyl (C=O) groups is 2. The van der Waals surface area contributed by atoms with Gasteiger partial charge in [-0.05, 0) is 26.7 Å². The molecule has 5 heteroatoms. The third-order valence-corrected chi connectivity index (χ3v) is 3.75. The van der Waals surface area contributed by atoms with E-state index in [1.165, 1.54) is 4.90 Å². The molecular formula is C13H25N3O2. The van der Waals surface area contributed by atoms with E-state index >= 15 is 0 Å². The predicted molar refractivity (Wildman–Crippen MR) is 70.9 cm³/mol. The zero-order valence-corrected chi connectivity index (χ0v) is 11.7. The number of hydrogen-bond acceptors (Lipinski definition) is 3. The molecule has 0 spiro atoms. The predicted octanol–water partition coefficient (Wildman–Crippen LogP) is 0.441. The van der Waals surface area contributed by atoms with E-state index in [4.69, 9.17) is 5.73 Å². The summed E-state index contributed by atoms with van der Waals surface area (Å²) >= 11 is 0. The van der Waals surface area contributed by atoms with Crippen molar-refractivity contribution in [2.45, 2.75) is 39.2 Å². The van der Waals surface area contributed by atoms with Crippen molar-refractivity contribution in [3.8, 4) is 0 Å². The summed E-state index contributed by atoms with van der Waals surface area (Å²) < 4.78 is 0. The molecule has 2 atom stereocenters. The molecule has 1 rings (SSSR count). The van der Waals surface area contributed by atoms with E-state index in [2.05, 4.69) is 0 Å². The van der Waals surface area contributed by atoms with Crippen molar-refractivity contribution in [3.05, 3.63) is 0 Å². The van der Waals surface area contributed by atoms with Gasteiger partial charge in [0, 0.05) is 26.2 Å². The first-order valence-corrected chi connectivity index (χ1v) is 6.79. The molecule has 1 aliphatic carbocycles. The molecule has 0 aromatic carbocycles. The lowest BCUT2D eigenvalue weighted by Gasteiger charge is -2.26. The molecule has 1 saturated carbocycles. The van der Waals surface area contributed by atoms with Gasteiger partial charge in [-0.3, -0.25) is 9.59 Å². The summed E-state index contributed by atoms with van der Waals surface area (Å²) in [6.45, 7) is 5.40. The number of rotatable bonds is 5. The van der Waals surface area contributed by atoms with Gasteiger partial charge in [-0.1, -0.05) is 6.42 Å². The van der Waals surface area contributed by atoms with Crippen molar-refractivity contribution in [3.63, 3.8) is 0 Å². The number of amides is 2. The fourth-order valence-electron chi connectivity index (χ4n) is 2.54. The molecule has 0 aromatic rings. The molecule has 0 heterocycles. The number of nitrogens with zero attached hydrogens (tertiary/aromatic N) is 2. The second-order valence-corrected chi connectivity index (χ2v) is 4.96. The third-order valence-electron chi connectivity index (χ3n) is 3.75. The summed E-state index contributed by atoms with van der Waals surface area (Å²) in [7, 11) is 1.69. The monoisotopic (exact) mass is 255 g/mol. The van der Waals surface area contributed by atoms with E-state index in [9.17, 15) is 9.59 Å². The van der Waals surface area contributed by atoms with Crippen molar-refractivity contribution in [2.24, 2.45) is 11.7 Å². The standard InChI is InChI=1S/C13H25N3O2/c1-4-16(5-2)12(17)9-15(3)13(18)10-7-6-8-11(10)14/h10-11H,4-9,14H2,1-3H3. The van der Waals surface area contributed by atoms with Crippen LogP contribution in [-0.2, 0) is 9.59 Å². The van der Waals surface area contributed by atoms with Gasteiger partial charge in [-0.25, -0.2) is 0 Å². The molecule has 2 N–H and O–H groups in total. The van der Waals surface area contributed by atoms with Gasteiger partial charge in [0.15, 0.2) is 0 Å². The van der Waals surface area contributed by atoms with Crippen LogP contribution < -0.4 is 5.73 Å². The van der Waals surface area contributed by atoms with Crippen LogP contribution >= 0.6 is 0 Å². The molecule has 0 saturated heterocycles. The molecule has 104 valence electrons. The van der Waals surface area contributed by atoms with Crippen LogP contribution in [-0.4, -0.2) is 54.3 Å². The first-order chi connectivity index (χ1) is 8.51. The Kier molecular flexibility index (Phi) is 5.59. The van der Waals surface area contributed by atoms with Crippen LogP contribution in [0.15, 0.2) is 0 Å². The zero-order valence-electron chi connectivity index (χ0n) is 11.7. The summed E-state index contributed by atoms with van der Waals surface area (Å²) in [6.07, 6.45) is 2.77. The normalized spacial score (nSPS) is 22.9. The molecule has 18 heavy (non-hydrogen) atoms. The lowest BCUT2D eigenvalue weighted by atomic mass is 10.0. The highest BCUT2D eigenvalue weighted by Gasteiger charge is 2.32. The van der Waals surface area contributed by atoms with Crippen LogP contribution in [0.1, 0.15) is 33.1 Å². The first-order valence-electron chi connectivity index (χ1n) is 6.79. The van der Waals surface area contributed by atoms with Crippen molar-refractivity contribution < 1.29 is 9.59 Å². The van der Waals surface area contributed by atoms with E-state index < -0.39 is 0 Å². The quantitative estimate of drug-likeness (QED) is 0.775. The number of carbonyl (C=O) groups excluding carboxylic acids is 2. The molecule has 0 aromatic heterocycles. The van der Waals surface area contributed by atoms with Crippen LogP contribution in [0.5, 0.6) is 0 Å². The first kappa shape index (κ1) is 15.0. The highest BCUT2D eigenvalue weighted by atomic mass is 16.2. The maximum absolute atomic E-state index is 12.2. The Morgan fingerprint density at radius 1 is 1.22 bits per heavy atom. The summed E-state index contributed by atoms with van der Waals surface area (Å²) in [6, 6.07) is -0.0384. The Hall–Kier alpha value is -1.10. The lowest BCUT2D eigenvalue weighted by Crippen LogP contribution is -2.45. The van der Waals surface area contributed by atoms with E-state index in [1.807, 2.05) is 13.8 Å². The largest absolute Gasteiger partial charge is 0.342 e. The lowest BCUT2D eigenvalue weighted by molar-refractivity contribution is -0.141. The van der Waals surface area contributed by atoms with E-state index in [-0.39, 0.29) is 30.3 Å². The Labute approximate surface area is 109 Å². The van der Waals surface area contributed by atoms with Crippen LogP contribution in [0.2, 0.25) is 0 Å². The van der Waals surface area contributed by atoms with Gasteiger partial charge in [-0.15, -0.1) is 0 Å². The van der Waals surface area contributed by atoms with Gasteiger partial charge >= 0.3 is 0 Å². The van der Waals surface area contributed by atoms with E-state index in [0.29, 0.717) is 13.1 Å². The van der Waals surface area contributed by atoms with Gasteiger partial charge < -0.3 is 15.5 Å². The Balaban J connectivity index is 2.51. The minimum atomic E-state index is -0.0977. The van der Waals surface area contributed by atoms with Gasteiger partial charge in [-0.2, -0.15) is 0 Å². The van der Waals surface area contributed by atoms with Gasteiger partial charge in [0.1, 0.15) is 0 Å². The Morgan fingerprint density at radius 3 is 2.28 bits per heavy atom. The number of likely N-dealkylation sites (N-methyl/N-ethyl adjacent to an activating group) is 2. The van der Waals surface area contributed by atoms with Gasteiger partial charge in [0.2, 0.25) is 11.8 Å². The van der Waals surface area contributed by atoms with Crippen LogP contribution in [0.3, 0.4) is 0 Å². The van der Waals surface area contributed by atoms with Crippen LogP contribution in [0, 0.1) is 5.92 Å². The molecular weight excluding hydrogens is 230 g/mol. The number of nitrogens with two attached hydrogens (primary N) is 1. The molecule has 2 unspecified atom stereocenters. The Morgan fingerprint density at radius 2 is 1.83 bits per heavy atom. The second-order valence-electron chi connectivity index (χ2n) is 4.96. The molecule has 5 nitrogen and oxygen atoms in total. The average Bonchev–Trinajstić information content (AvgIpc) is 2.76. The van der Waals surface area contributed by atoms with Gasteiger partial charge in [0.05, 0.1) is 12.5 Å². The summed E-state index contributed by atoms with van der Waals surface area (Å²) in [5.41, 5.74) is 5.92. The molecule has 1 fully saturated rings. The highest BCUT2D eigenvalue weighted by molar-refractivity contribution is 5.86. The van der Waals surface area contributed by atoms with E-state index in [0.717, 1.165) is 19.3 Å². The van der Waals surface area contributed by atoms with E-state index in [1.54, 1.807) is 11.9 Å². The summed E-state index contributed by atoms with van der Waals surface area (Å²) in [4.78, 5) is 27.3. The Bertz CT molecular complexity index is 303. The average molecular weight is 255 g/mol. The fraction of sp³-hybridized carbons (Fsp3) is 0.846. The third kappa shape index (κ3) is 3.45. The van der Waals surface area contributed by atoms with Crippen LogP contribution in [0.4, 0.5) is 0 Å². The summed E-state index contributed by atoms with van der Waals surface area (Å²) in [5, 5.41) is 0. The maximum atomic E-state index is 12.2. The summed E-state index contributed by atoms with van der Waals surface area (Å²) in [5.74, 6) is -0.0811. The molecule has 0 aliphatic heterocycles. The molecule has 2 amide bonds. The SMILES string of the molecule is CCN(CC)C(=O)CN(C)C(=O)C1CCCC1N. The smallest absolute Gasteiger partial charge is 0.242 e. The fourth-order valence-corrected chi connectivity index (χ4v) is 2.54. The maximum Gasteiger partial charge on any atom is 0.242 e. The number of hydrogen-bond donors (Lipinski definition) is 1. The molecule has 0 bridgehead atoms. The van der Waals surface area contributed by atoms with Crippen molar-refractivity contribution in [1.29, 1.82) is 0 Å². The van der Waals surface area contributed by atoms with Crippen molar-refractivity contribution in [2.75, 3.05) is 26.7 Å². The topological polar surface area (TPSA) is 66.6 Å². The van der Waals surface area contributed by atoms with Gasteiger partial charge in [0.25, 0.3) is 0 Å². The van der Waals surface area contributed by atoms with Crippen LogP contribution in [0.25, 0.3) is 0 Å². The molecule has 0 radical (unpaired) electrons. The second kappa shape index (κ2) is 6.73. The molecule has 1 aliphatic rings. The zero-order chi connectivity index (χ0) is 13.7. The van der Waals surface area contributed by atoms with Crippen molar-refractivity contribution in [1.82, 2.24) is 9.80 Å². The minimum Gasteiger partial charge on any atom is -0.342 e. The minimum absolute atomic E-state index is 0.00224. The van der Waals surface area contributed by atoms with Crippen molar-refractivity contribution >= 4 is 11.8 Å². The highest BCUT2D eigenvalue weighted by Crippen LogP contribution is 2.25.